The van der Waals surface area contributed by atoms with Gasteiger partial charge in [-0.05, 0) is 18.6 Å². The molecule has 0 aromatic carbocycles. The van der Waals surface area contributed by atoms with Crippen LogP contribution in [-0.2, 0) is 4.79 Å². The second kappa shape index (κ2) is 6.15. The first kappa shape index (κ1) is 14.7. The number of halogens is 1. The van der Waals surface area contributed by atoms with Crippen LogP contribution in [0.3, 0.4) is 0 Å². The van der Waals surface area contributed by atoms with Gasteiger partial charge in [-0.2, -0.15) is 0 Å². The fourth-order valence-electron chi connectivity index (χ4n) is 1.74. The van der Waals surface area contributed by atoms with E-state index in [-0.39, 0.29) is 17.2 Å². The quantitative estimate of drug-likeness (QED) is 0.905. The average Bonchev–Trinajstić information content (AvgIpc) is 2.82. The Balaban J connectivity index is 2.34. The molecule has 2 aromatic heterocycles. The first-order valence-corrected chi connectivity index (χ1v) is 7.20. The highest BCUT2D eigenvalue weighted by molar-refractivity contribution is 7.19. The molecule has 0 saturated carbocycles. The number of carbonyl (C=O) groups is 1. The molecule has 0 spiro atoms. The lowest BCUT2D eigenvalue weighted by Crippen LogP contribution is -2.32. The minimum Gasteiger partial charge on any atom is -0.348 e. The summed E-state index contributed by atoms with van der Waals surface area (Å²) in [7, 11) is 0. The smallest absolute Gasteiger partial charge is 0.275 e. The molecule has 6 nitrogen and oxygen atoms in total. The number of rotatable bonds is 4. The van der Waals surface area contributed by atoms with Gasteiger partial charge < -0.3 is 10.3 Å². The zero-order valence-corrected chi connectivity index (χ0v) is 12.5. The molecule has 0 aliphatic carbocycles. The molecular weight excluding hydrogens is 300 g/mol. The van der Waals surface area contributed by atoms with Crippen LogP contribution >= 0.6 is 22.9 Å². The lowest BCUT2D eigenvalue weighted by Gasteiger charge is -2.13. The van der Waals surface area contributed by atoms with Crippen LogP contribution in [0.2, 0.25) is 4.34 Å². The fourth-order valence-corrected chi connectivity index (χ4v) is 2.72. The number of amides is 1. The van der Waals surface area contributed by atoms with Crippen molar-refractivity contribution in [1.29, 1.82) is 0 Å². The van der Waals surface area contributed by atoms with Crippen molar-refractivity contribution in [1.82, 2.24) is 20.5 Å². The Bertz CT molecular complexity index is 682. The Morgan fingerprint density at radius 3 is 2.75 bits per heavy atom. The van der Waals surface area contributed by atoms with Gasteiger partial charge in [0.1, 0.15) is 0 Å². The average molecular weight is 313 g/mol. The molecule has 0 saturated heterocycles. The van der Waals surface area contributed by atoms with E-state index < -0.39 is 6.04 Å². The monoisotopic (exact) mass is 312 g/mol. The largest absolute Gasteiger partial charge is 0.348 e. The fraction of sp³-hybridized carbons (Fsp3) is 0.333. The van der Waals surface area contributed by atoms with Crippen LogP contribution in [0.5, 0.6) is 0 Å². The van der Waals surface area contributed by atoms with Gasteiger partial charge in [-0.1, -0.05) is 18.5 Å². The number of carbonyl (C=O) groups excluding carboxylic acids is 1. The maximum atomic E-state index is 12.1. The molecule has 0 bridgehead atoms. The number of aromatic amines is 1. The van der Waals surface area contributed by atoms with Crippen LogP contribution in [-0.4, -0.2) is 21.1 Å². The summed E-state index contributed by atoms with van der Waals surface area (Å²) in [5, 5.41) is 10.6. The minimum absolute atomic E-state index is 0.203. The third kappa shape index (κ3) is 3.23. The van der Waals surface area contributed by atoms with Crippen molar-refractivity contribution in [2.24, 2.45) is 0 Å². The Kier molecular flexibility index (Phi) is 4.51. The van der Waals surface area contributed by atoms with Crippen molar-refractivity contribution in [2.75, 3.05) is 0 Å². The molecule has 2 heterocycles. The van der Waals surface area contributed by atoms with E-state index in [2.05, 4.69) is 20.5 Å². The molecule has 0 aliphatic rings. The summed E-state index contributed by atoms with van der Waals surface area (Å²) >= 11 is 7.15. The number of thiophene rings is 1. The second-order valence-electron chi connectivity index (χ2n) is 4.15. The van der Waals surface area contributed by atoms with Gasteiger partial charge in [0.2, 0.25) is 5.91 Å². The van der Waals surface area contributed by atoms with Crippen LogP contribution in [0.4, 0.5) is 0 Å². The Hall–Kier alpha value is -1.73. The summed E-state index contributed by atoms with van der Waals surface area (Å²) in [5.41, 5.74) is -0.158. The molecule has 2 N–H and O–H groups in total. The van der Waals surface area contributed by atoms with Gasteiger partial charge in [0.15, 0.2) is 11.5 Å². The molecule has 0 fully saturated rings. The number of hydrogen-bond donors (Lipinski definition) is 2. The van der Waals surface area contributed by atoms with Crippen LogP contribution in [0.15, 0.2) is 16.9 Å². The topological polar surface area (TPSA) is 87.7 Å². The van der Waals surface area contributed by atoms with Crippen LogP contribution in [0.1, 0.15) is 32.0 Å². The Morgan fingerprint density at radius 2 is 2.25 bits per heavy atom. The van der Waals surface area contributed by atoms with Gasteiger partial charge in [0, 0.05) is 6.92 Å². The van der Waals surface area contributed by atoms with Crippen molar-refractivity contribution in [2.45, 2.75) is 26.3 Å². The third-order valence-electron chi connectivity index (χ3n) is 2.64. The summed E-state index contributed by atoms with van der Waals surface area (Å²) < 4.78 is 0.608. The van der Waals surface area contributed by atoms with Crippen molar-refractivity contribution in [3.63, 3.8) is 0 Å². The Morgan fingerprint density at radius 1 is 1.50 bits per heavy atom. The first-order chi connectivity index (χ1) is 9.51. The van der Waals surface area contributed by atoms with E-state index in [0.29, 0.717) is 16.6 Å². The van der Waals surface area contributed by atoms with Crippen molar-refractivity contribution in [3.8, 4) is 10.7 Å². The lowest BCUT2D eigenvalue weighted by atomic mass is 10.1. The summed E-state index contributed by atoms with van der Waals surface area (Å²) in [5.74, 6) is 0.153. The van der Waals surface area contributed by atoms with E-state index in [1.807, 2.05) is 6.92 Å². The van der Waals surface area contributed by atoms with Gasteiger partial charge in [-0.25, -0.2) is 0 Å². The van der Waals surface area contributed by atoms with Gasteiger partial charge in [0.25, 0.3) is 5.56 Å². The second-order valence-corrected chi connectivity index (χ2v) is 5.87. The summed E-state index contributed by atoms with van der Waals surface area (Å²) in [4.78, 5) is 26.6. The van der Waals surface area contributed by atoms with E-state index in [4.69, 9.17) is 11.6 Å². The van der Waals surface area contributed by atoms with Gasteiger partial charge >= 0.3 is 0 Å². The number of H-pyrrole nitrogens is 1. The van der Waals surface area contributed by atoms with Crippen LogP contribution in [0.25, 0.3) is 10.7 Å². The summed E-state index contributed by atoms with van der Waals surface area (Å²) in [6.07, 6.45) is 0.557. The van der Waals surface area contributed by atoms with E-state index in [9.17, 15) is 9.59 Å². The molecular formula is C12H13ClN4O2S. The molecule has 0 aliphatic heterocycles. The molecule has 106 valence electrons. The van der Waals surface area contributed by atoms with Gasteiger partial charge in [0.05, 0.1) is 15.3 Å². The van der Waals surface area contributed by atoms with Crippen molar-refractivity contribution >= 4 is 28.8 Å². The standard InChI is InChI=1S/C12H13ClN4O2S/c1-3-7(14-6(2)18)10-12(19)15-11(17-16-10)8-4-5-9(13)20-8/h4-5,7H,3H2,1-2H3,(H,14,18)(H,15,17,19). The van der Waals surface area contributed by atoms with E-state index >= 15 is 0 Å². The van der Waals surface area contributed by atoms with Gasteiger partial charge in [-0.15, -0.1) is 21.5 Å². The molecule has 2 rings (SSSR count). The van der Waals surface area contributed by atoms with Crippen molar-refractivity contribution < 1.29 is 4.79 Å². The Labute approximate surface area is 124 Å². The zero-order valence-electron chi connectivity index (χ0n) is 10.9. The molecule has 1 amide bonds. The number of nitrogens with one attached hydrogen (secondary N) is 2. The SMILES string of the molecule is CCC(NC(C)=O)c1nnc(-c2ccc(Cl)s2)[nH]c1=O. The molecule has 0 radical (unpaired) electrons. The maximum absolute atomic E-state index is 12.1. The summed E-state index contributed by atoms with van der Waals surface area (Å²) in [6.45, 7) is 3.25. The maximum Gasteiger partial charge on any atom is 0.275 e. The first-order valence-electron chi connectivity index (χ1n) is 6.01. The highest BCUT2D eigenvalue weighted by Crippen LogP contribution is 2.27. The van der Waals surface area contributed by atoms with E-state index in [0.717, 1.165) is 4.88 Å². The normalized spacial score (nSPS) is 12.2. The zero-order chi connectivity index (χ0) is 14.7. The van der Waals surface area contributed by atoms with E-state index in [1.54, 1.807) is 12.1 Å². The molecule has 1 unspecified atom stereocenters. The molecule has 1 atom stereocenters. The number of hydrogen-bond acceptors (Lipinski definition) is 5. The lowest BCUT2D eigenvalue weighted by molar-refractivity contribution is -0.119. The molecule has 8 heteroatoms. The summed E-state index contributed by atoms with van der Waals surface area (Å²) in [6, 6.07) is 3.05. The van der Waals surface area contributed by atoms with E-state index in [1.165, 1.54) is 18.3 Å². The molecule has 2 aromatic rings. The molecule has 20 heavy (non-hydrogen) atoms. The van der Waals surface area contributed by atoms with Crippen molar-refractivity contribution in [3.05, 3.63) is 32.5 Å². The minimum atomic E-state index is -0.440. The highest BCUT2D eigenvalue weighted by Gasteiger charge is 2.17. The number of nitrogens with zero attached hydrogens (tertiary/aromatic N) is 2. The highest BCUT2D eigenvalue weighted by atomic mass is 35.5. The van der Waals surface area contributed by atoms with Crippen LogP contribution < -0.4 is 10.9 Å². The predicted molar refractivity (Wildman–Crippen MR) is 77.8 cm³/mol. The number of aromatic nitrogens is 3. The van der Waals surface area contributed by atoms with Gasteiger partial charge in [-0.3, -0.25) is 9.59 Å². The predicted octanol–water partition coefficient (Wildman–Crippen LogP) is 2.13. The third-order valence-corrected chi connectivity index (χ3v) is 3.88. The van der Waals surface area contributed by atoms with Crippen LogP contribution in [0, 0.1) is 0 Å².